The van der Waals surface area contributed by atoms with Crippen LogP contribution in [0.3, 0.4) is 0 Å². The van der Waals surface area contributed by atoms with Gasteiger partial charge in [-0.1, -0.05) is 97.1 Å². The number of methoxy groups -OCH3 is 1. The van der Waals surface area contributed by atoms with Gasteiger partial charge in [0, 0.05) is 12.7 Å². The Kier molecular flexibility index (Phi) is 7.79. The molecule has 4 aromatic rings. The lowest BCUT2D eigenvalue weighted by molar-refractivity contribution is -0.369. The van der Waals surface area contributed by atoms with E-state index in [1.807, 2.05) is 72.8 Å². The summed E-state index contributed by atoms with van der Waals surface area (Å²) in [6, 6.07) is 34.7. The smallest absolute Gasteiger partial charge is 0.186 e. The molecular weight excluding hydrogens is 480 g/mol. The van der Waals surface area contributed by atoms with Crippen molar-refractivity contribution in [3.63, 3.8) is 0 Å². The maximum absolute atomic E-state index is 6.59. The van der Waals surface area contributed by atoms with Crippen LogP contribution in [0.4, 0.5) is 0 Å². The Morgan fingerprint density at radius 2 is 1.32 bits per heavy atom. The summed E-state index contributed by atoms with van der Waals surface area (Å²) in [4.78, 5) is 0. The van der Waals surface area contributed by atoms with E-state index in [0.717, 1.165) is 22.1 Å². The lowest BCUT2D eigenvalue weighted by atomic mass is 9.96. The summed E-state index contributed by atoms with van der Waals surface area (Å²) >= 11 is 0. The van der Waals surface area contributed by atoms with Crippen LogP contribution >= 0.6 is 0 Å². The molecule has 0 bridgehead atoms. The van der Waals surface area contributed by atoms with Crippen LogP contribution in [0.15, 0.2) is 103 Å². The third-order valence-corrected chi connectivity index (χ3v) is 7.13. The van der Waals surface area contributed by atoms with Crippen LogP contribution in [0.1, 0.15) is 23.0 Å². The zero-order chi connectivity index (χ0) is 25.7. The fourth-order valence-corrected chi connectivity index (χ4v) is 5.16. The molecule has 4 aromatic carbocycles. The van der Waals surface area contributed by atoms with Gasteiger partial charge in [0.1, 0.15) is 24.4 Å². The third-order valence-electron chi connectivity index (χ3n) is 7.13. The maximum atomic E-state index is 6.59. The van der Waals surface area contributed by atoms with E-state index < -0.39 is 30.9 Å². The second-order valence-corrected chi connectivity index (χ2v) is 9.67. The lowest BCUT2D eigenvalue weighted by Gasteiger charge is -2.48. The van der Waals surface area contributed by atoms with E-state index in [1.54, 1.807) is 7.11 Å². The van der Waals surface area contributed by atoms with Crippen molar-refractivity contribution in [2.45, 2.75) is 50.2 Å². The van der Waals surface area contributed by atoms with E-state index in [0.29, 0.717) is 19.8 Å². The van der Waals surface area contributed by atoms with Gasteiger partial charge in [-0.25, -0.2) is 0 Å². The normalized spacial score (nSPS) is 27.2. The third kappa shape index (κ3) is 5.52. The molecule has 2 aliphatic rings. The van der Waals surface area contributed by atoms with Crippen molar-refractivity contribution in [3.05, 3.63) is 120 Å². The minimum atomic E-state index is -0.620. The molecule has 196 valence electrons. The van der Waals surface area contributed by atoms with Gasteiger partial charge in [0.2, 0.25) is 0 Å². The van der Waals surface area contributed by atoms with E-state index in [4.69, 9.17) is 28.4 Å². The molecule has 2 saturated heterocycles. The standard InChI is InChI=1S/C32H32O6/c1-33-32-30(35-20-23-12-6-3-7-13-23)29(34-19-22-10-4-2-5-11-22)28-27(37-32)21-36-31(38-28)26-17-16-24-14-8-9-15-25(24)18-26/h2-18,27-32H,19-21H2,1H3/t27-,28-,29+,30-,31-,32+/m1/s1. The average molecular weight is 513 g/mol. The number of hydrogen-bond acceptors (Lipinski definition) is 6. The minimum absolute atomic E-state index is 0.353. The van der Waals surface area contributed by atoms with Gasteiger partial charge in [-0.15, -0.1) is 0 Å². The van der Waals surface area contributed by atoms with Crippen LogP contribution in [0, 0.1) is 0 Å². The highest BCUT2D eigenvalue weighted by molar-refractivity contribution is 5.83. The predicted octanol–water partition coefficient (Wildman–Crippen LogP) is 5.80. The fraction of sp³-hybridized carbons (Fsp3) is 0.312. The molecule has 6 heteroatoms. The molecule has 38 heavy (non-hydrogen) atoms. The Morgan fingerprint density at radius 3 is 2.00 bits per heavy atom. The highest BCUT2D eigenvalue weighted by Crippen LogP contribution is 2.37. The highest BCUT2D eigenvalue weighted by atomic mass is 16.8. The second kappa shape index (κ2) is 11.7. The molecule has 0 amide bonds. The summed E-state index contributed by atoms with van der Waals surface area (Å²) in [7, 11) is 1.63. The number of benzene rings is 4. The highest BCUT2D eigenvalue weighted by Gasteiger charge is 2.51. The van der Waals surface area contributed by atoms with Gasteiger partial charge in [0.05, 0.1) is 19.8 Å². The summed E-state index contributed by atoms with van der Waals surface area (Å²) in [6.45, 7) is 1.18. The molecule has 0 saturated carbocycles. The first-order valence-corrected chi connectivity index (χ1v) is 13.0. The Balaban J connectivity index is 1.27. The molecule has 0 unspecified atom stereocenters. The van der Waals surface area contributed by atoms with Crippen LogP contribution in [-0.2, 0) is 41.6 Å². The molecular formula is C32H32O6. The Morgan fingerprint density at radius 1 is 0.684 bits per heavy atom. The van der Waals surface area contributed by atoms with Crippen molar-refractivity contribution >= 4 is 10.8 Å². The number of rotatable bonds is 8. The quantitative estimate of drug-likeness (QED) is 0.298. The summed E-state index contributed by atoms with van der Waals surface area (Å²) in [5.41, 5.74) is 3.09. The van der Waals surface area contributed by atoms with Gasteiger partial charge in [-0.2, -0.15) is 0 Å². The Labute approximate surface area is 223 Å². The predicted molar refractivity (Wildman–Crippen MR) is 143 cm³/mol. The number of ether oxygens (including phenoxy) is 6. The average Bonchev–Trinajstić information content (AvgIpc) is 2.99. The topological polar surface area (TPSA) is 55.4 Å². The molecule has 0 N–H and O–H groups in total. The van der Waals surface area contributed by atoms with E-state index in [1.165, 1.54) is 5.39 Å². The summed E-state index contributed by atoms with van der Waals surface area (Å²) in [6.07, 6.45) is -2.86. The Hall–Kier alpha value is -3.10. The largest absolute Gasteiger partial charge is 0.368 e. The minimum Gasteiger partial charge on any atom is -0.368 e. The molecule has 0 aromatic heterocycles. The van der Waals surface area contributed by atoms with E-state index in [2.05, 4.69) is 30.3 Å². The first-order valence-electron chi connectivity index (χ1n) is 13.0. The van der Waals surface area contributed by atoms with Crippen LogP contribution < -0.4 is 0 Å². The summed E-state index contributed by atoms with van der Waals surface area (Å²) in [5, 5.41) is 2.31. The van der Waals surface area contributed by atoms with Gasteiger partial charge in [-0.3, -0.25) is 0 Å². The monoisotopic (exact) mass is 512 g/mol. The summed E-state index contributed by atoms with van der Waals surface area (Å²) < 4.78 is 37.8. The van der Waals surface area contributed by atoms with E-state index >= 15 is 0 Å². The molecule has 2 fully saturated rings. The number of fused-ring (bicyclic) bond motifs is 2. The zero-order valence-electron chi connectivity index (χ0n) is 21.3. The fourth-order valence-electron chi connectivity index (χ4n) is 5.16. The van der Waals surface area contributed by atoms with Crippen molar-refractivity contribution < 1.29 is 28.4 Å². The van der Waals surface area contributed by atoms with Crippen LogP contribution in [0.25, 0.3) is 10.8 Å². The zero-order valence-corrected chi connectivity index (χ0v) is 21.3. The van der Waals surface area contributed by atoms with Crippen molar-refractivity contribution in [1.82, 2.24) is 0 Å². The van der Waals surface area contributed by atoms with Crippen molar-refractivity contribution in [2.24, 2.45) is 0 Å². The second-order valence-electron chi connectivity index (χ2n) is 9.67. The molecule has 6 nitrogen and oxygen atoms in total. The van der Waals surface area contributed by atoms with Gasteiger partial charge < -0.3 is 28.4 Å². The van der Waals surface area contributed by atoms with Gasteiger partial charge in [0.25, 0.3) is 0 Å². The first-order chi connectivity index (χ1) is 18.8. The van der Waals surface area contributed by atoms with Crippen LogP contribution in [-0.4, -0.2) is 44.4 Å². The van der Waals surface area contributed by atoms with Gasteiger partial charge in [-0.05, 0) is 28.0 Å². The van der Waals surface area contributed by atoms with E-state index in [9.17, 15) is 0 Å². The van der Waals surface area contributed by atoms with Crippen molar-refractivity contribution in [2.75, 3.05) is 13.7 Å². The van der Waals surface area contributed by atoms with E-state index in [-0.39, 0.29) is 6.10 Å². The van der Waals surface area contributed by atoms with Crippen LogP contribution in [0.2, 0.25) is 0 Å². The molecule has 6 rings (SSSR count). The molecule has 0 aliphatic carbocycles. The molecule has 2 aliphatic heterocycles. The SMILES string of the molecule is CO[C@H]1O[C@@H]2CO[C@@H](c3ccc4ccccc4c3)O[C@H]2[C@H](OCc2ccccc2)[C@H]1OCc1ccccc1. The lowest BCUT2D eigenvalue weighted by Crippen LogP contribution is -2.63. The van der Waals surface area contributed by atoms with Gasteiger partial charge in [0.15, 0.2) is 12.6 Å². The number of hydrogen-bond donors (Lipinski definition) is 0. The van der Waals surface area contributed by atoms with Crippen LogP contribution in [0.5, 0.6) is 0 Å². The molecule has 0 spiro atoms. The molecule has 2 heterocycles. The van der Waals surface area contributed by atoms with Crippen molar-refractivity contribution in [1.29, 1.82) is 0 Å². The maximum Gasteiger partial charge on any atom is 0.186 e. The van der Waals surface area contributed by atoms with Crippen molar-refractivity contribution in [3.8, 4) is 0 Å². The summed E-state index contributed by atoms with van der Waals surface area (Å²) in [5.74, 6) is 0. The van der Waals surface area contributed by atoms with Gasteiger partial charge >= 0.3 is 0 Å². The first kappa shape index (κ1) is 25.2. The molecule has 0 radical (unpaired) electrons. The molecule has 6 atom stereocenters. The Bertz CT molecular complexity index is 1310.